The summed E-state index contributed by atoms with van der Waals surface area (Å²) in [5.74, 6) is -1.19. The summed E-state index contributed by atoms with van der Waals surface area (Å²) in [5.41, 5.74) is -0.770. The topological polar surface area (TPSA) is 66.5 Å². The molecule has 0 saturated carbocycles. The van der Waals surface area contributed by atoms with Gasteiger partial charge in [0.25, 0.3) is 5.91 Å². The predicted molar refractivity (Wildman–Crippen MR) is 96.6 cm³/mol. The van der Waals surface area contributed by atoms with Crippen LogP contribution >= 0.6 is 11.3 Å². The molecule has 1 aromatic heterocycles. The van der Waals surface area contributed by atoms with Crippen LogP contribution in [0.5, 0.6) is 0 Å². The number of rotatable bonds is 6. The molecule has 3 amide bonds. The van der Waals surface area contributed by atoms with E-state index in [4.69, 9.17) is 0 Å². The van der Waals surface area contributed by atoms with E-state index in [9.17, 15) is 18.8 Å². The average Bonchev–Trinajstić information content (AvgIpc) is 3.21. The summed E-state index contributed by atoms with van der Waals surface area (Å²) in [6.07, 6.45) is 1.12. The van der Waals surface area contributed by atoms with Crippen molar-refractivity contribution in [2.24, 2.45) is 0 Å². The zero-order chi connectivity index (χ0) is 18.9. The third-order valence-corrected chi connectivity index (χ3v) is 5.90. The molecule has 5 nitrogen and oxygen atoms in total. The normalized spacial score (nSPS) is 19.7. The first-order valence-corrected chi connectivity index (χ1v) is 9.25. The SMILES string of the molecule is CCc1ccc(C(=O)CN2C(=O)N[C@](CC)(c3ccc(F)cc3)C2=O)s1. The first-order valence-electron chi connectivity index (χ1n) is 8.43. The lowest BCUT2D eigenvalue weighted by Crippen LogP contribution is -2.43. The fourth-order valence-electron chi connectivity index (χ4n) is 3.08. The molecular weight excluding hydrogens is 355 g/mol. The van der Waals surface area contributed by atoms with Crippen LogP contribution < -0.4 is 5.32 Å². The lowest BCUT2D eigenvalue weighted by Gasteiger charge is -2.25. The van der Waals surface area contributed by atoms with Crippen LogP contribution in [0.25, 0.3) is 0 Å². The highest BCUT2D eigenvalue weighted by atomic mass is 32.1. The number of nitrogens with one attached hydrogen (secondary N) is 1. The molecule has 0 aliphatic carbocycles. The summed E-state index contributed by atoms with van der Waals surface area (Å²) in [6, 6.07) is 8.44. The molecule has 1 aliphatic heterocycles. The van der Waals surface area contributed by atoms with Gasteiger partial charge < -0.3 is 5.32 Å². The van der Waals surface area contributed by atoms with Gasteiger partial charge in [-0.1, -0.05) is 26.0 Å². The average molecular weight is 374 g/mol. The van der Waals surface area contributed by atoms with Gasteiger partial charge in [-0.2, -0.15) is 0 Å². The number of ketones is 1. The first kappa shape index (κ1) is 18.3. The van der Waals surface area contributed by atoms with Crippen molar-refractivity contribution in [2.75, 3.05) is 6.54 Å². The molecule has 0 unspecified atom stereocenters. The quantitative estimate of drug-likeness (QED) is 0.622. The van der Waals surface area contributed by atoms with E-state index >= 15 is 0 Å². The van der Waals surface area contributed by atoms with Crippen molar-refractivity contribution in [3.63, 3.8) is 0 Å². The Morgan fingerprint density at radius 2 is 1.85 bits per heavy atom. The second-order valence-electron chi connectivity index (χ2n) is 6.13. The number of halogens is 1. The largest absolute Gasteiger partial charge is 0.325 e. The highest BCUT2D eigenvalue weighted by Gasteiger charge is 2.51. The Morgan fingerprint density at radius 1 is 1.15 bits per heavy atom. The number of thiophene rings is 1. The lowest BCUT2D eigenvalue weighted by molar-refractivity contribution is -0.131. The van der Waals surface area contributed by atoms with Gasteiger partial charge in [0.05, 0.1) is 11.4 Å². The maximum absolute atomic E-state index is 13.2. The molecule has 7 heteroatoms. The first-order chi connectivity index (χ1) is 12.4. The molecule has 1 aromatic carbocycles. The maximum Gasteiger partial charge on any atom is 0.325 e. The number of hydrogen-bond acceptors (Lipinski definition) is 4. The highest BCUT2D eigenvalue weighted by Crippen LogP contribution is 2.32. The molecule has 1 aliphatic rings. The second-order valence-corrected chi connectivity index (χ2v) is 7.30. The van der Waals surface area contributed by atoms with Crippen molar-refractivity contribution < 1.29 is 18.8 Å². The van der Waals surface area contributed by atoms with E-state index in [0.29, 0.717) is 16.9 Å². The number of Topliss-reactive ketones (excluding diaryl/α,β-unsaturated/α-hetero) is 1. The number of imide groups is 1. The van der Waals surface area contributed by atoms with E-state index in [0.717, 1.165) is 16.2 Å². The maximum atomic E-state index is 13.2. The molecule has 26 heavy (non-hydrogen) atoms. The molecule has 1 saturated heterocycles. The minimum Gasteiger partial charge on any atom is -0.319 e. The van der Waals surface area contributed by atoms with E-state index in [2.05, 4.69) is 5.32 Å². The zero-order valence-corrected chi connectivity index (χ0v) is 15.4. The number of nitrogens with zero attached hydrogens (tertiary/aromatic N) is 1. The zero-order valence-electron chi connectivity index (χ0n) is 14.5. The van der Waals surface area contributed by atoms with Gasteiger partial charge in [0.2, 0.25) is 0 Å². The summed E-state index contributed by atoms with van der Waals surface area (Å²) in [4.78, 5) is 40.4. The van der Waals surface area contributed by atoms with Crippen LogP contribution in [0.2, 0.25) is 0 Å². The third-order valence-electron chi connectivity index (χ3n) is 4.63. The molecule has 1 fully saturated rings. The number of benzene rings is 1. The van der Waals surface area contributed by atoms with Crippen molar-refractivity contribution in [3.05, 3.63) is 57.5 Å². The van der Waals surface area contributed by atoms with E-state index in [1.807, 2.05) is 13.0 Å². The van der Waals surface area contributed by atoms with E-state index in [-0.39, 0.29) is 12.3 Å². The number of hydrogen-bond donors (Lipinski definition) is 1. The van der Waals surface area contributed by atoms with E-state index in [1.165, 1.54) is 35.6 Å². The summed E-state index contributed by atoms with van der Waals surface area (Å²) < 4.78 is 13.2. The van der Waals surface area contributed by atoms with Crippen LogP contribution in [0.1, 0.15) is 40.4 Å². The Kier molecular flexibility index (Phi) is 4.91. The summed E-state index contributed by atoms with van der Waals surface area (Å²) in [6.45, 7) is 3.45. The molecular formula is C19H19FN2O3S. The fraction of sp³-hybridized carbons (Fsp3) is 0.316. The van der Waals surface area contributed by atoms with Crippen LogP contribution in [0.15, 0.2) is 36.4 Å². The summed E-state index contributed by atoms with van der Waals surface area (Å²) in [7, 11) is 0. The Labute approximate surface area is 154 Å². The van der Waals surface area contributed by atoms with Crippen LogP contribution in [0.3, 0.4) is 0 Å². The smallest absolute Gasteiger partial charge is 0.319 e. The molecule has 0 spiro atoms. The van der Waals surface area contributed by atoms with E-state index < -0.39 is 23.3 Å². The van der Waals surface area contributed by atoms with Gasteiger partial charge in [-0.3, -0.25) is 14.5 Å². The van der Waals surface area contributed by atoms with Crippen LogP contribution in [-0.4, -0.2) is 29.2 Å². The van der Waals surface area contributed by atoms with Gasteiger partial charge in [0.1, 0.15) is 11.4 Å². The minimum atomic E-state index is -1.27. The molecule has 1 atom stereocenters. The molecule has 1 N–H and O–H groups in total. The minimum absolute atomic E-state index is 0.274. The number of urea groups is 1. The van der Waals surface area contributed by atoms with Gasteiger partial charge in [0, 0.05) is 4.88 Å². The van der Waals surface area contributed by atoms with E-state index in [1.54, 1.807) is 13.0 Å². The number of carbonyl (C=O) groups excluding carboxylic acids is 3. The Morgan fingerprint density at radius 3 is 2.42 bits per heavy atom. The molecule has 2 heterocycles. The Balaban J connectivity index is 1.85. The van der Waals surface area contributed by atoms with Crippen molar-refractivity contribution in [2.45, 2.75) is 32.2 Å². The van der Waals surface area contributed by atoms with Gasteiger partial charge in [-0.25, -0.2) is 9.18 Å². The molecule has 136 valence electrons. The standard InChI is InChI=1S/C19H19FN2O3S/c1-3-14-9-10-16(26-14)15(23)11-22-17(24)19(4-2,21-18(22)25)12-5-7-13(20)8-6-12/h5-10H,3-4,11H2,1-2H3,(H,21,25)/t19-/m1/s1. The summed E-state index contributed by atoms with van der Waals surface area (Å²) in [5, 5.41) is 2.69. The van der Waals surface area contributed by atoms with Gasteiger partial charge >= 0.3 is 6.03 Å². The van der Waals surface area contributed by atoms with Crippen molar-refractivity contribution in [1.29, 1.82) is 0 Å². The molecule has 3 rings (SSSR count). The Bertz CT molecular complexity index is 862. The van der Waals surface area contributed by atoms with Crippen LogP contribution in [0, 0.1) is 5.82 Å². The molecule has 0 bridgehead atoms. The highest BCUT2D eigenvalue weighted by molar-refractivity contribution is 7.14. The third kappa shape index (κ3) is 3.03. The van der Waals surface area contributed by atoms with Gasteiger partial charge in [-0.05, 0) is 42.7 Å². The second kappa shape index (κ2) is 6.99. The number of aryl methyl sites for hydroxylation is 1. The number of amides is 3. The molecule has 0 radical (unpaired) electrons. The van der Waals surface area contributed by atoms with Crippen molar-refractivity contribution in [3.8, 4) is 0 Å². The monoisotopic (exact) mass is 374 g/mol. The fourth-order valence-corrected chi connectivity index (χ4v) is 3.96. The van der Waals surface area contributed by atoms with Crippen LogP contribution in [0.4, 0.5) is 9.18 Å². The predicted octanol–water partition coefficient (Wildman–Crippen LogP) is 3.49. The van der Waals surface area contributed by atoms with Gasteiger partial charge in [0.15, 0.2) is 5.78 Å². The molecule has 2 aromatic rings. The van der Waals surface area contributed by atoms with Crippen molar-refractivity contribution >= 4 is 29.1 Å². The van der Waals surface area contributed by atoms with Crippen molar-refractivity contribution in [1.82, 2.24) is 10.2 Å². The lowest BCUT2D eigenvalue weighted by atomic mass is 9.87. The summed E-state index contributed by atoms with van der Waals surface area (Å²) >= 11 is 1.37. The Hall–Kier alpha value is -2.54. The van der Waals surface area contributed by atoms with Gasteiger partial charge in [-0.15, -0.1) is 11.3 Å². The number of carbonyl (C=O) groups is 3. The van der Waals surface area contributed by atoms with Crippen LogP contribution in [-0.2, 0) is 16.8 Å².